The van der Waals surface area contributed by atoms with Gasteiger partial charge in [0.15, 0.2) is 18.5 Å². The maximum atomic E-state index is 12.7. The van der Waals surface area contributed by atoms with Crippen LogP contribution in [0.25, 0.3) is 0 Å². The number of ether oxygens (including phenoxy) is 4. The van der Waals surface area contributed by atoms with Crippen LogP contribution in [0.2, 0.25) is 0 Å². The third-order valence-electron chi connectivity index (χ3n) is 9.27. The Hall–Kier alpha value is -2.31. The van der Waals surface area contributed by atoms with Crippen molar-refractivity contribution in [2.24, 2.45) is 0 Å². The molecule has 4 N–H and O–H groups in total. The number of esters is 2. The minimum Gasteiger partial charge on any atom is -0.479 e. The molecule has 1 saturated heterocycles. The molecule has 6 unspecified atom stereocenters. The molecule has 0 saturated carbocycles. The van der Waals surface area contributed by atoms with E-state index in [0.29, 0.717) is 12.8 Å². The molecule has 0 radical (unpaired) electrons. The largest absolute Gasteiger partial charge is 0.479 e. The average Bonchev–Trinajstić information content (AvgIpc) is 3.12. The van der Waals surface area contributed by atoms with Gasteiger partial charge in [0, 0.05) is 12.8 Å². The first-order chi connectivity index (χ1) is 25.2. The summed E-state index contributed by atoms with van der Waals surface area (Å²) in [4.78, 5) is 36.6. The maximum absolute atomic E-state index is 12.7. The van der Waals surface area contributed by atoms with Gasteiger partial charge in [-0.1, -0.05) is 115 Å². The lowest BCUT2D eigenvalue weighted by Crippen LogP contribution is -2.60. The molecular weight excluding hydrogens is 668 g/mol. The van der Waals surface area contributed by atoms with Crippen LogP contribution in [0.1, 0.15) is 168 Å². The first-order valence-corrected chi connectivity index (χ1v) is 20.4. The molecule has 1 aliphatic rings. The van der Waals surface area contributed by atoms with Crippen molar-refractivity contribution in [2.75, 3.05) is 13.2 Å². The molecule has 1 heterocycles. The zero-order chi connectivity index (χ0) is 38.2. The number of carbonyl (C=O) groups is 3. The molecule has 52 heavy (non-hydrogen) atoms. The number of aliphatic hydroxyl groups is 3. The minimum absolute atomic E-state index is 0.172. The number of hydrogen-bond acceptors (Lipinski definition) is 10. The third kappa shape index (κ3) is 24.1. The zero-order valence-corrected chi connectivity index (χ0v) is 32.3. The van der Waals surface area contributed by atoms with E-state index in [1.807, 2.05) is 0 Å². The van der Waals surface area contributed by atoms with Gasteiger partial charge in [-0.25, -0.2) is 4.79 Å². The van der Waals surface area contributed by atoms with Gasteiger partial charge in [-0.05, 0) is 64.2 Å². The lowest BCUT2D eigenvalue weighted by atomic mass is 9.99. The Morgan fingerprint density at radius 1 is 0.577 bits per heavy atom. The van der Waals surface area contributed by atoms with Gasteiger partial charge in [-0.15, -0.1) is 0 Å². The number of rotatable bonds is 33. The summed E-state index contributed by atoms with van der Waals surface area (Å²) in [7, 11) is 0. The molecule has 1 fully saturated rings. The summed E-state index contributed by atoms with van der Waals surface area (Å²) in [5.74, 6) is -2.47. The van der Waals surface area contributed by atoms with Gasteiger partial charge in [0.05, 0.1) is 6.61 Å². The molecule has 0 amide bonds. The van der Waals surface area contributed by atoms with Crippen LogP contribution in [0.5, 0.6) is 0 Å². The normalized spacial score (nSPS) is 21.1. The highest BCUT2D eigenvalue weighted by Crippen LogP contribution is 2.23. The molecule has 0 spiro atoms. The molecule has 1 rings (SSSR count). The second-order valence-electron chi connectivity index (χ2n) is 14.1. The molecular formula is C41H72O11. The lowest BCUT2D eigenvalue weighted by Gasteiger charge is -2.38. The quantitative estimate of drug-likeness (QED) is 0.0294. The van der Waals surface area contributed by atoms with Gasteiger partial charge >= 0.3 is 17.9 Å². The second-order valence-corrected chi connectivity index (χ2v) is 14.1. The summed E-state index contributed by atoms with van der Waals surface area (Å²) >= 11 is 0. The summed E-state index contributed by atoms with van der Waals surface area (Å²) in [5, 5.41) is 39.7. The van der Waals surface area contributed by atoms with Crippen LogP contribution in [0.4, 0.5) is 0 Å². The van der Waals surface area contributed by atoms with E-state index < -0.39 is 61.3 Å². The van der Waals surface area contributed by atoms with Crippen molar-refractivity contribution in [3.8, 4) is 0 Å². The molecule has 0 aromatic carbocycles. The van der Waals surface area contributed by atoms with Gasteiger partial charge in [0.1, 0.15) is 24.9 Å². The smallest absolute Gasteiger partial charge is 0.335 e. The van der Waals surface area contributed by atoms with Gasteiger partial charge < -0.3 is 39.4 Å². The van der Waals surface area contributed by atoms with E-state index in [2.05, 4.69) is 38.2 Å². The molecule has 0 aromatic heterocycles. The predicted octanol–water partition coefficient (Wildman–Crippen LogP) is 7.86. The van der Waals surface area contributed by atoms with Crippen molar-refractivity contribution >= 4 is 17.9 Å². The molecule has 0 bridgehead atoms. The number of unbranched alkanes of at least 4 members (excludes halogenated alkanes) is 18. The Balaban J connectivity index is 2.44. The van der Waals surface area contributed by atoms with Crippen molar-refractivity contribution in [3.05, 3.63) is 24.3 Å². The fourth-order valence-corrected chi connectivity index (χ4v) is 5.98. The van der Waals surface area contributed by atoms with Crippen LogP contribution in [-0.2, 0) is 33.3 Å². The van der Waals surface area contributed by atoms with Gasteiger partial charge in [0.25, 0.3) is 0 Å². The van der Waals surface area contributed by atoms with E-state index in [1.165, 1.54) is 51.4 Å². The highest BCUT2D eigenvalue weighted by molar-refractivity contribution is 5.73. The monoisotopic (exact) mass is 741 g/mol. The van der Waals surface area contributed by atoms with E-state index in [9.17, 15) is 34.8 Å². The van der Waals surface area contributed by atoms with Gasteiger partial charge in [0.2, 0.25) is 0 Å². The molecule has 11 heteroatoms. The van der Waals surface area contributed by atoms with Crippen LogP contribution in [0, 0.1) is 0 Å². The number of carboxylic acids is 1. The maximum Gasteiger partial charge on any atom is 0.335 e. The zero-order valence-electron chi connectivity index (χ0n) is 32.3. The summed E-state index contributed by atoms with van der Waals surface area (Å²) in [5.41, 5.74) is 0. The number of carbonyl (C=O) groups excluding carboxylic acids is 2. The van der Waals surface area contributed by atoms with Crippen molar-refractivity contribution < 1.29 is 53.8 Å². The fourth-order valence-electron chi connectivity index (χ4n) is 5.98. The van der Waals surface area contributed by atoms with E-state index in [-0.39, 0.29) is 19.4 Å². The fraction of sp³-hybridized carbons (Fsp3) is 0.829. The van der Waals surface area contributed by atoms with E-state index in [4.69, 9.17) is 18.9 Å². The third-order valence-corrected chi connectivity index (χ3v) is 9.27. The standard InChI is InChI=1S/C41H72O11/c1-3-5-7-9-11-13-15-17-19-21-23-25-27-29-34(42)49-31-33(32-50-41-38(46)36(44)37(45)39(52-41)40(47)48)51-35(43)30-28-26-24-22-20-18-16-14-12-10-8-6-4-2/h13-16,33,36-39,41,44-46H,3-12,17-32H2,1-2H3,(H,47,48)/b15-13-,16-14-. The summed E-state index contributed by atoms with van der Waals surface area (Å²) < 4.78 is 21.6. The molecule has 1 aliphatic heterocycles. The number of aliphatic carboxylic acids is 1. The Kier molecular flexibility index (Phi) is 29.5. The first kappa shape index (κ1) is 47.7. The van der Waals surface area contributed by atoms with Crippen LogP contribution < -0.4 is 0 Å². The van der Waals surface area contributed by atoms with Crippen LogP contribution in [0.15, 0.2) is 24.3 Å². The number of hydrogen-bond donors (Lipinski definition) is 4. The molecule has 302 valence electrons. The van der Waals surface area contributed by atoms with Crippen molar-refractivity contribution in [2.45, 2.75) is 205 Å². The van der Waals surface area contributed by atoms with Crippen LogP contribution in [-0.4, -0.2) is 88.4 Å². The van der Waals surface area contributed by atoms with Crippen molar-refractivity contribution in [1.82, 2.24) is 0 Å². The summed E-state index contributed by atoms with van der Waals surface area (Å²) in [6, 6.07) is 0. The van der Waals surface area contributed by atoms with E-state index in [0.717, 1.165) is 77.0 Å². The summed E-state index contributed by atoms with van der Waals surface area (Å²) in [6.07, 6.45) is 23.8. The van der Waals surface area contributed by atoms with E-state index in [1.54, 1.807) is 0 Å². The van der Waals surface area contributed by atoms with Gasteiger partial charge in [-0.3, -0.25) is 9.59 Å². The Bertz CT molecular complexity index is 968. The summed E-state index contributed by atoms with van der Waals surface area (Å²) in [6.45, 7) is 3.75. The van der Waals surface area contributed by atoms with Crippen LogP contribution >= 0.6 is 0 Å². The Morgan fingerprint density at radius 3 is 1.50 bits per heavy atom. The average molecular weight is 741 g/mol. The highest BCUT2D eigenvalue weighted by atomic mass is 16.7. The number of allylic oxidation sites excluding steroid dienone is 4. The first-order valence-electron chi connectivity index (χ1n) is 20.4. The minimum atomic E-state index is -1.86. The van der Waals surface area contributed by atoms with Gasteiger partial charge in [-0.2, -0.15) is 0 Å². The molecule has 11 nitrogen and oxygen atoms in total. The van der Waals surface area contributed by atoms with E-state index >= 15 is 0 Å². The SMILES string of the molecule is CCCCCC/C=C\CCCCCCCC(=O)OCC(COC1OC(C(=O)O)C(O)C(O)C1O)OC(=O)CCCCCCC/C=C\CCCCCC. The highest BCUT2D eigenvalue weighted by Gasteiger charge is 2.47. The predicted molar refractivity (Wildman–Crippen MR) is 202 cm³/mol. The molecule has 0 aliphatic carbocycles. The number of carboxylic acid groups (broad SMARTS) is 1. The molecule has 6 atom stereocenters. The van der Waals surface area contributed by atoms with Crippen LogP contribution in [0.3, 0.4) is 0 Å². The molecule has 0 aromatic rings. The van der Waals surface area contributed by atoms with Crippen molar-refractivity contribution in [1.29, 1.82) is 0 Å². The topological polar surface area (TPSA) is 169 Å². The second kappa shape index (κ2) is 32.1. The Labute approximate surface area is 313 Å². The van der Waals surface area contributed by atoms with Crippen molar-refractivity contribution in [3.63, 3.8) is 0 Å². The number of aliphatic hydroxyl groups excluding tert-OH is 3. The lowest BCUT2D eigenvalue weighted by molar-refractivity contribution is -0.298. The Morgan fingerprint density at radius 2 is 1.02 bits per heavy atom.